The van der Waals surface area contributed by atoms with Crippen molar-refractivity contribution in [2.45, 2.75) is 52.5 Å². The smallest absolute Gasteiger partial charge is 0.320 e. The van der Waals surface area contributed by atoms with Gasteiger partial charge < -0.3 is 9.67 Å². The average Bonchev–Trinajstić information content (AvgIpc) is 2.23. The Balaban J connectivity index is 4.39. The van der Waals surface area contributed by atoms with Crippen LogP contribution in [0.5, 0.6) is 0 Å². The lowest BCUT2D eigenvalue weighted by Gasteiger charge is -2.21. The van der Waals surface area contributed by atoms with Gasteiger partial charge in [0.1, 0.15) is 13.3 Å². The fraction of sp³-hybridized carbons (Fsp3) is 0.909. The molecule has 0 saturated carbocycles. The number of aliphatic carboxylic acids is 1. The summed E-state index contributed by atoms with van der Waals surface area (Å²) in [6.45, 7) is 5.64. The summed E-state index contributed by atoms with van der Waals surface area (Å²) < 4.78 is 12.5. The predicted molar refractivity (Wildman–Crippen MR) is 67.4 cm³/mol. The van der Waals surface area contributed by atoms with Gasteiger partial charge in [0.15, 0.2) is 0 Å². The van der Waals surface area contributed by atoms with Crippen LogP contribution in [0.3, 0.4) is 0 Å². The van der Waals surface area contributed by atoms with E-state index in [1.165, 1.54) is 0 Å². The molecule has 1 unspecified atom stereocenters. The van der Waals surface area contributed by atoms with Crippen LogP contribution < -0.4 is 5.09 Å². The van der Waals surface area contributed by atoms with Crippen LogP contribution in [0.4, 0.5) is 0 Å². The zero-order valence-electron chi connectivity index (χ0n) is 10.5. The van der Waals surface area contributed by atoms with E-state index in [9.17, 15) is 9.36 Å². The van der Waals surface area contributed by atoms with Gasteiger partial charge in [0.05, 0.1) is 0 Å². The fourth-order valence-electron chi connectivity index (χ4n) is 1.48. The monoisotopic (exact) mass is 249 g/mol. The lowest BCUT2D eigenvalue weighted by Crippen LogP contribution is -2.33. The van der Waals surface area contributed by atoms with Crippen LogP contribution in [0.15, 0.2) is 0 Å². The number of hydrogen-bond acceptors (Lipinski definition) is 2. The normalized spacial score (nSPS) is 13.7. The maximum Gasteiger partial charge on any atom is 0.320 e. The van der Waals surface area contributed by atoms with Crippen LogP contribution in [-0.2, 0) is 9.36 Å². The number of hydrogen-bond donors (Lipinski definition) is 2. The van der Waals surface area contributed by atoms with E-state index in [0.29, 0.717) is 12.3 Å². The summed E-state index contributed by atoms with van der Waals surface area (Å²) in [5.41, 5.74) is 0. The van der Waals surface area contributed by atoms with E-state index < -0.39 is 19.3 Å². The molecule has 0 saturated heterocycles. The Kier molecular flexibility index (Phi) is 7.69. The molecule has 2 N–H and O–H groups in total. The zero-order valence-corrected chi connectivity index (χ0v) is 11.4. The van der Waals surface area contributed by atoms with Gasteiger partial charge >= 0.3 is 5.97 Å². The number of unbranched alkanes of at least 4 members (excludes halogenated alkanes) is 2. The van der Waals surface area contributed by atoms with Gasteiger partial charge in [-0.1, -0.05) is 26.7 Å². The minimum absolute atomic E-state index is 0.612. The Morgan fingerprint density at radius 3 is 2.00 bits per heavy atom. The molecule has 0 heterocycles. The second kappa shape index (κ2) is 7.86. The molecule has 0 spiro atoms. The third-order valence-electron chi connectivity index (χ3n) is 2.55. The molecule has 0 aromatic heterocycles. The summed E-state index contributed by atoms with van der Waals surface area (Å²) in [4.78, 5) is 10.7. The van der Waals surface area contributed by atoms with Crippen LogP contribution in [-0.4, -0.2) is 29.4 Å². The standard InChI is InChI=1S/C11H24NO3P/c1-4-6-8-16(15,9-7-5-2)12-10(3)11(13)14/h10H,4-9H2,1-3H3,(H,12,15)(H,13,14). The van der Waals surface area contributed by atoms with Gasteiger partial charge in [-0.3, -0.25) is 9.88 Å². The van der Waals surface area contributed by atoms with Gasteiger partial charge in [-0.15, -0.1) is 0 Å². The molecule has 0 bridgehead atoms. The third-order valence-corrected chi connectivity index (χ3v) is 5.48. The molecule has 1 atom stereocenters. The Hall–Kier alpha value is -0.340. The molecular weight excluding hydrogens is 225 g/mol. The maximum absolute atomic E-state index is 12.5. The zero-order chi connectivity index (χ0) is 12.6. The van der Waals surface area contributed by atoms with Crippen molar-refractivity contribution in [2.24, 2.45) is 0 Å². The number of carboxylic acid groups (broad SMARTS) is 1. The first-order chi connectivity index (χ1) is 7.45. The highest BCUT2D eigenvalue weighted by Gasteiger charge is 2.25. The molecule has 0 rings (SSSR count). The highest BCUT2D eigenvalue weighted by molar-refractivity contribution is 7.61. The Labute approximate surface area is 98.2 Å². The maximum atomic E-state index is 12.5. The van der Waals surface area contributed by atoms with Gasteiger partial charge in [-0.05, 0) is 19.8 Å². The van der Waals surface area contributed by atoms with Gasteiger partial charge in [-0.2, -0.15) is 0 Å². The molecule has 0 aliphatic heterocycles. The van der Waals surface area contributed by atoms with Crippen molar-refractivity contribution in [3.05, 3.63) is 0 Å². The quantitative estimate of drug-likeness (QED) is 0.616. The molecule has 0 aromatic rings. The molecule has 4 nitrogen and oxygen atoms in total. The fourth-order valence-corrected chi connectivity index (χ4v) is 4.43. The summed E-state index contributed by atoms with van der Waals surface area (Å²) in [6.07, 6.45) is 4.97. The van der Waals surface area contributed by atoms with Gasteiger partial charge in [0.2, 0.25) is 0 Å². The Morgan fingerprint density at radius 2 is 1.69 bits per heavy atom. The largest absolute Gasteiger partial charge is 0.480 e. The van der Waals surface area contributed by atoms with Crippen LogP contribution in [0, 0.1) is 0 Å². The first-order valence-electron chi connectivity index (χ1n) is 6.04. The molecule has 0 aliphatic rings. The van der Waals surface area contributed by atoms with E-state index in [1.807, 2.05) is 13.8 Å². The van der Waals surface area contributed by atoms with E-state index in [1.54, 1.807) is 6.92 Å². The van der Waals surface area contributed by atoms with Crippen molar-refractivity contribution >= 4 is 13.3 Å². The van der Waals surface area contributed by atoms with Gasteiger partial charge in [0.25, 0.3) is 0 Å². The Bertz CT molecular complexity index is 244. The van der Waals surface area contributed by atoms with E-state index in [2.05, 4.69) is 5.09 Å². The SMILES string of the molecule is CCCCP(=O)(CCCC)NC(C)C(=O)O. The van der Waals surface area contributed by atoms with Crippen molar-refractivity contribution in [1.29, 1.82) is 0 Å². The van der Waals surface area contributed by atoms with Crippen LogP contribution in [0.1, 0.15) is 46.5 Å². The molecule has 0 aliphatic carbocycles. The average molecular weight is 249 g/mol. The summed E-state index contributed by atoms with van der Waals surface area (Å²) in [7, 11) is -2.49. The van der Waals surface area contributed by atoms with Crippen molar-refractivity contribution in [3.63, 3.8) is 0 Å². The molecule has 0 fully saturated rings. The van der Waals surface area contributed by atoms with Crippen LogP contribution in [0.2, 0.25) is 0 Å². The molecular formula is C11H24NO3P. The summed E-state index contributed by atoms with van der Waals surface area (Å²) >= 11 is 0. The minimum Gasteiger partial charge on any atom is -0.480 e. The highest BCUT2D eigenvalue weighted by atomic mass is 31.2. The highest BCUT2D eigenvalue weighted by Crippen LogP contribution is 2.43. The summed E-state index contributed by atoms with van der Waals surface area (Å²) in [6, 6.07) is -0.723. The number of carbonyl (C=O) groups is 1. The van der Waals surface area contributed by atoms with E-state index in [0.717, 1.165) is 25.7 Å². The van der Waals surface area contributed by atoms with Crippen LogP contribution >= 0.6 is 7.29 Å². The third kappa shape index (κ3) is 6.29. The van der Waals surface area contributed by atoms with Crippen molar-refractivity contribution in [3.8, 4) is 0 Å². The number of nitrogens with one attached hydrogen (secondary N) is 1. The molecule has 96 valence electrons. The molecule has 0 amide bonds. The van der Waals surface area contributed by atoms with Gasteiger partial charge in [-0.25, -0.2) is 0 Å². The van der Waals surface area contributed by atoms with E-state index >= 15 is 0 Å². The lowest BCUT2D eigenvalue weighted by molar-refractivity contribution is -0.138. The second-order valence-electron chi connectivity index (χ2n) is 4.23. The molecule has 16 heavy (non-hydrogen) atoms. The lowest BCUT2D eigenvalue weighted by atomic mass is 10.4. The summed E-state index contributed by atoms with van der Waals surface area (Å²) in [5.74, 6) is -0.937. The molecule has 5 heteroatoms. The van der Waals surface area contributed by atoms with Gasteiger partial charge in [0, 0.05) is 12.3 Å². The summed E-state index contributed by atoms with van der Waals surface area (Å²) in [5, 5.41) is 11.6. The Morgan fingerprint density at radius 1 is 1.25 bits per heavy atom. The first-order valence-corrected chi connectivity index (χ1v) is 8.11. The van der Waals surface area contributed by atoms with E-state index in [-0.39, 0.29) is 0 Å². The van der Waals surface area contributed by atoms with E-state index in [4.69, 9.17) is 5.11 Å². The number of rotatable bonds is 9. The first kappa shape index (κ1) is 15.7. The molecule has 0 aromatic carbocycles. The van der Waals surface area contributed by atoms with Crippen LogP contribution in [0.25, 0.3) is 0 Å². The predicted octanol–water partition coefficient (Wildman–Crippen LogP) is 2.93. The second-order valence-corrected chi connectivity index (χ2v) is 7.16. The minimum atomic E-state index is -2.49. The van der Waals surface area contributed by atoms with Crippen molar-refractivity contribution in [1.82, 2.24) is 5.09 Å². The van der Waals surface area contributed by atoms with Crippen molar-refractivity contribution < 1.29 is 14.5 Å². The topological polar surface area (TPSA) is 66.4 Å². The molecule has 0 radical (unpaired) electrons. The number of carboxylic acids is 1. The van der Waals surface area contributed by atoms with Crippen molar-refractivity contribution in [2.75, 3.05) is 12.3 Å².